The quantitative estimate of drug-likeness (QED) is 0.816. The number of rotatable bonds is 3. The van der Waals surface area contributed by atoms with E-state index in [0.29, 0.717) is 17.7 Å². The topological polar surface area (TPSA) is 40.6 Å². The first-order valence-corrected chi connectivity index (χ1v) is 8.39. The Balaban J connectivity index is 1.94. The summed E-state index contributed by atoms with van der Waals surface area (Å²) in [7, 11) is 0. The summed E-state index contributed by atoms with van der Waals surface area (Å²) in [6.07, 6.45) is 3.17. The van der Waals surface area contributed by atoms with Crippen molar-refractivity contribution in [2.45, 2.75) is 26.2 Å². The average Bonchev–Trinajstić information content (AvgIpc) is 3.10. The minimum Gasteiger partial charge on any atom is -0.371 e. The number of nitrogens with zero attached hydrogens (tertiary/aromatic N) is 2. The number of carbonyl (C=O) groups is 2. The Bertz CT molecular complexity index is 784. The van der Waals surface area contributed by atoms with Gasteiger partial charge in [0.25, 0.3) is 11.8 Å². The Morgan fingerprint density at radius 1 is 0.957 bits per heavy atom. The van der Waals surface area contributed by atoms with Gasteiger partial charge in [-0.3, -0.25) is 14.5 Å². The maximum Gasteiger partial charge on any atom is 0.261 e. The van der Waals surface area contributed by atoms with E-state index in [1.165, 1.54) is 17.7 Å². The van der Waals surface area contributed by atoms with Gasteiger partial charge in [-0.25, -0.2) is 0 Å². The van der Waals surface area contributed by atoms with Gasteiger partial charge in [-0.2, -0.15) is 0 Å². The van der Waals surface area contributed by atoms with Crippen LogP contribution in [0, 0.1) is 0 Å². The minimum absolute atomic E-state index is 0.159. The standard InChI is InChI=1S/C19H20N2O2/c1-2-10-21-18(22)14-7-5-6-13-16(20-11-3-4-12-20)9-8-15(17(13)14)19(21)23/h5-9H,2-4,10-12H2,1H3. The molecule has 0 bridgehead atoms. The van der Waals surface area contributed by atoms with E-state index in [1.54, 1.807) is 0 Å². The van der Waals surface area contributed by atoms with Crippen molar-refractivity contribution in [1.29, 1.82) is 0 Å². The summed E-state index contributed by atoms with van der Waals surface area (Å²) in [6.45, 7) is 4.54. The van der Waals surface area contributed by atoms with Gasteiger partial charge in [-0.05, 0) is 37.5 Å². The van der Waals surface area contributed by atoms with Crippen molar-refractivity contribution >= 4 is 28.3 Å². The van der Waals surface area contributed by atoms with Crippen molar-refractivity contribution in [1.82, 2.24) is 4.90 Å². The Hall–Kier alpha value is -2.36. The molecule has 0 saturated carbocycles. The van der Waals surface area contributed by atoms with Crippen molar-refractivity contribution in [3.63, 3.8) is 0 Å². The summed E-state index contributed by atoms with van der Waals surface area (Å²) in [6, 6.07) is 9.75. The SMILES string of the molecule is CCCN1C(=O)c2cccc3c(N4CCCC4)ccc(c23)C1=O. The van der Waals surface area contributed by atoms with Gasteiger partial charge >= 0.3 is 0 Å². The number of imide groups is 1. The maximum atomic E-state index is 12.7. The summed E-state index contributed by atoms with van der Waals surface area (Å²) in [4.78, 5) is 29.2. The molecule has 2 aliphatic heterocycles. The molecule has 4 rings (SSSR count). The smallest absolute Gasteiger partial charge is 0.261 e. The lowest BCUT2D eigenvalue weighted by atomic mass is 9.92. The highest BCUT2D eigenvalue weighted by Gasteiger charge is 2.33. The molecule has 0 radical (unpaired) electrons. The van der Waals surface area contributed by atoms with Crippen molar-refractivity contribution in [3.05, 3.63) is 41.5 Å². The Kier molecular flexibility index (Phi) is 3.33. The van der Waals surface area contributed by atoms with E-state index in [9.17, 15) is 9.59 Å². The van der Waals surface area contributed by atoms with E-state index in [1.807, 2.05) is 37.3 Å². The van der Waals surface area contributed by atoms with Crippen LogP contribution in [0.4, 0.5) is 5.69 Å². The zero-order chi connectivity index (χ0) is 16.0. The Morgan fingerprint density at radius 3 is 2.35 bits per heavy atom. The van der Waals surface area contributed by atoms with Crippen molar-refractivity contribution < 1.29 is 9.59 Å². The fourth-order valence-electron chi connectivity index (χ4n) is 3.79. The lowest BCUT2D eigenvalue weighted by Gasteiger charge is -2.29. The molecular weight excluding hydrogens is 288 g/mol. The fourth-order valence-corrected chi connectivity index (χ4v) is 3.79. The van der Waals surface area contributed by atoms with E-state index in [-0.39, 0.29) is 11.8 Å². The predicted octanol–water partition coefficient (Wildman–Crippen LogP) is 3.45. The fraction of sp³-hybridized carbons (Fsp3) is 0.368. The van der Waals surface area contributed by atoms with Gasteiger partial charge in [0.05, 0.1) is 0 Å². The van der Waals surface area contributed by atoms with E-state index in [0.717, 1.165) is 36.0 Å². The molecule has 118 valence electrons. The highest BCUT2D eigenvalue weighted by atomic mass is 16.2. The van der Waals surface area contributed by atoms with Crippen LogP contribution < -0.4 is 4.90 Å². The van der Waals surface area contributed by atoms with Crippen LogP contribution in [0.5, 0.6) is 0 Å². The summed E-state index contributed by atoms with van der Waals surface area (Å²) in [5.41, 5.74) is 2.46. The molecule has 4 nitrogen and oxygen atoms in total. The molecular formula is C19H20N2O2. The number of carbonyl (C=O) groups excluding carboxylic acids is 2. The van der Waals surface area contributed by atoms with Crippen LogP contribution in [-0.2, 0) is 0 Å². The highest BCUT2D eigenvalue weighted by Crippen LogP contribution is 2.36. The van der Waals surface area contributed by atoms with Gasteiger partial charge < -0.3 is 4.90 Å². The molecule has 0 aliphatic carbocycles. The highest BCUT2D eigenvalue weighted by molar-refractivity contribution is 6.26. The largest absolute Gasteiger partial charge is 0.371 e. The molecule has 2 aromatic carbocycles. The van der Waals surface area contributed by atoms with Crippen LogP contribution in [0.2, 0.25) is 0 Å². The molecule has 1 saturated heterocycles. The average molecular weight is 308 g/mol. The van der Waals surface area contributed by atoms with Crippen LogP contribution in [0.1, 0.15) is 46.9 Å². The second kappa shape index (κ2) is 5.37. The third-order valence-corrected chi connectivity index (χ3v) is 4.86. The number of amides is 2. The zero-order valence-electron chi connectivity index (χ0n) is 13.3. The summed E-state index contributed by atoms with van der Waals surface area (Å²) >= 11 is 0. The van der Waals surface area contributed by atoms with Gasteiger partial charge in [-0.15, -0.1) is 0 Å². The summed E-state index contributed by atoms with van der Waals surface area (Å²) in [5.74, 6) is -0.318. The van der Waals surface area contributed by atoms with Crippen LogP contribution in [0.25, 0.3) is 10.8 Å². The number of hydrogen-bond acceptors (Lipinski definition) is 3. The number of hydrogen-bond donors (Lipinski definition) is 0. The van der Waals surface area contributed by atoms with Crippen LogP contribution >= 0.6 is 0 Å². The molecule has 2 aliphatic rings. The van der Waals surface area contributed by atoms with Crippen molar-refractivity contribution in [3.8, 4) is 0 Å². The minimum atomic E-state index is -0.159. The molecule has 0 unspecified atom stereocenters. The van der Waals surface area contributed by atoms with E-state index in [4.69, 9.17) is 0 Å². The van der Waals surface area contributed by atoms with Crippen LogP contribution in [0.3, 0.4) is 0 Å². The molecule has 4 heteroatoms. The summed E-state index contributed by atoms with van der Waals surface area (Å²) in [5, 5.41) is 1.86. The second-order valence-corrected chi connectivity index (χ2v) is 6.32. The second-order valence-electron chi connectivity index (χ2n) is 6.32. The first kappa shape index (κ1) is 14.2. The molecule has 2 heterocycles. The van der Waals surface area contributed by atoms with E-state index < -0.39 is 0 Å². The Labute approximate surface area is 135 Å². The third kappa shape index (κ3) is 2.05. The first-order valence-electron chi connectivity index (χ1n) is 8.39. The zero-order valence-corrected chi connectivity index (χ0v) is 13.3. The van der Waals surface area contributed by atoms with Crippen molar-refractivity contribution in [2.75, 3.05) is 24.5 Å². The summed E-state index contributed by atoms with van der Waals surface area (Å²) < 4.78 is 0. The predicted molar refractivity (Wildman–Crippen MR) is 91.1 cm³/mol. The van der Waals surface area contributed by atoms with Gasteiger partial charge in [-0.1, -0.05) is 19.1 Å². The molecule has 2 amide bonds. The maximum absolute atomic E-state index is 12.7. The van der Waals surface area contributed by atoms with Crippen LogP contribution in [-0.4, -0.2) is 36.3 Å². The lowest BCUT2D eigenvalue weighted by molar-refractivity contribution is 0.0611. The molecule has 2 aromatic rings. The monoisotopic (exact) mass is 308 g/mol. The molecule has 0 aromatic heterocycles. The van der Waals surface area contributed by atoms with Gasteiger partial charge in [0.2, 0.25) is 0 Å². The van der Waals surface area contributed by atoms with Gasteiger partial charge in [0.1, 0.15) is 0 Å². The third-order valence-electron chi connectivity index (χ3n) is 4.86. The Morgan fingerprint density at radius 2 is 1.65 bits per heavy atom. The number of anilines is 1. The molecule has 0 spiro atoms. The molecule has 0 atom stereocenters. The van der Waals surface area contributed by atoms with E-state index >= 15 is 0 Å². The van der Waals surface area contributed by atoms with Crippen LogP contribution in [0.15, 0.2) is 30.3 Å². The van der Waals surface area contributed by atoms with Crippen molar-refractivity contribution in [2.24, 2.45) is 0 Å². The lowest BCUT2D eigenvalue weighted by Crippen LogP contribution is -2.40. The molecule has 1 fully saturated rings. The van der Waals surface area contributed by atoms with Gasteiger partial charge in [0.15, 0.2) is 0 Å². The number of benzene rings is 2. The molecule has 23 heavy (non-hydrogen) atoms. The first-order chi connectivity index (χ1) is 11.2. The van der Waals surface area contributed by atoms with E-state index in [2.05, 4.69) is 4.90 Å². The normalized spacial score (nSPS) is 17.4. The molecule has 0 N–H and O–H groups in total. The van der Waals surface area contributed by atoms with Gasteiger partial charge in [0, 0.05) is 47.2 Å².